The molecule has 0 unspecified atom stereocenters. The molecule has 3 aromatic rings. The Kier molecular flexibility index (Phi) is 8.43. The molecule has 198 valence electrons. The summed E-state index contributed by atoms with van der Waals surface area (Å²) in [7, 11) is -1.95. The molecule has 1 saturated heterocycles. The van der Waals surface area contributed by atoms with Crippen LogP contribution in [0.2, 0.25) is 0 Å². The summed E-state index contributed by atoms with van der Waals surface area (Å²) in [6.07, 6.45) is 0.169. The van der Waals surface area contributed by atoms with Crippen molar-refractivity contribution in [3.05, 3.63) is 53.3 Å². The van der Waals surface area contributed by atoms with Crippen LogP contribution in [0.4, 0.5) is 0 Å². The van der Waals surface area contributed by atoms with Gasteiger partial charge in [0.15, 0.2) is 0 Å². The smallest absolute Gasteiger partial charge is 0.270 e. The van der Waals surface area contributed by atoms with Crippen LogP contribution >= 0.6 is 0 Å². The molecule has 4 rings (SSSR count). The van der Waals surface area contributed by atoms with E-state index in [1.165, 1.54) is 4.80 Å². The molecule has 0 aliphatic carbocycles. The zero-order valence-corrected chi connectivity index (χ0v) is 21.5. The number of nitrogens with zero attached hydrogens (tertiary/aromatic N) is 5. The van der Waals surface area contributed by atoms with Crippen molar-refractivity contribution in [2.24, 2.45) is 0 Å². The predicted molar refractivity (Wildman–Crippen MR) is 130 cm³/mol. The van der Waals surface area contributed by atoms with Crippen LogP contribution in [0.15, 0.2) is 36.4 Å². The van der Waals surface area contributed by atoms with Crippen LogP contribution in [0.3, 0.4) is 0 Å². The number of hydrogen-bond donors (Lipinski definition) is 1. The summed E-state index contributed by atoms with van der Waals surface area (Å²) < 4.78 is 43.5. The minimum atomic E-state index is -3.54. The molecule has 1 amide bonds. The van der Waals surface area contributed by atoms with Gasteiger partial charge in [0.25, 0.3) is 16.0 Å². The van der Waals surface area contributed by atoms with Crippen molar-refractivity contribution in [1.82, 2.24) is 30.5 Å². The topological polar surface area (TPSA) is 157 Å². The normalized spacial score (nSPS) is 17.9. The standard InChI is InChI=1S/C23H28N6O7S/c1-15-7-17(9-21(25-15)23(30)24-10-16-5-4-6-18(8-16)33-2)22-26-28-29(27-22)11-19-12-35-20(13-34-19)14-36-37(3,31)32/h4-9,19-20H,10-14H2,1-3H3,(H,24,30)/t19-,20-/m1/s1. The van der Waals surface area contributed by atoms with Crippen molar-refractivity contribution in [2.45, 2.75) is 32.2 Å². The van der Waals surface area contributed by atoms with Gasteiger partial charge in [-0.3, -0.25) is 8.98 Å². The van der Waals surface area contributed by atoms with Gasteiger partial charge in [0.05, 0.1) is 39.7 Å². The second-order valence-corrected chi connectivity index (χ2v) is 10.1. The van der Waals surface area contributed by atoms with E-state index >= 15 is 0 Å². The molecule has 3 heterocycles. The monoisotopic (exact) mass is 532 g/mol. The van der Waals surface area contributed by atoms with Gasteiger partial charge < -0.3 is 19.5 Å². The molecule has 14 heteroatoms. The van der Waals surface area contributed by atoms with Crippen LogP contribution in [-0.4, -0.2) is 84.9 Å². The summed E-state index contributed by atoms with van der Waals surface area (Å²) >= 11 is 0. The highest BCUT2D eigenvalue weighted by Gasteiger charge is 2.25. The zero-order chi connectivity index (χ0) is 26.4. The van der Waals surface area contributed by atoms with Gasteiger partial charge in [-0.1, -0.05) is 12.1 Å². The number of pyridine rings is 1. The van der Waals surface area contributed by atoms with Crippen LogP contribution in [0.1, 0.15) is 21.7 Å². The van der Waals surface area contributed by atoms with Crippen molar-refractivity contribution in [2.75, 3.05) is 33.2 Å². The largest absolute Gasteiger partial charge is 0.497 e. The highest BCUT2D eigenvalue weighted by molar-refractivity contribution is 7.85. The number of carbonyl (C=O) groups excluding carboxylic acids is 1. The van der Waals surface area contributed by atoms with Gasteiger partial charge in [0.2, 0.25) is 5.82 Å². The van der Waals surface area contributed by atoms with E-state index in [0.29, 0.717) is 29.4 Å². The number of methoxy groups -OCH3 is 1. The average Bonchev–Trinajstić information content (AvgIpc) is 3.34. The minimum absolute atomic E-state index is 0.103. The number of tetrazole rings is 1. The van der Waals surface area contributed by atoms with Crippen molar-refractivity contribution in [3.63, 3.8) is 0 Å². The third kappa shape index (κ3) is 7.76. The van der Waals surface area contributed by atoms with Crippen molar-refractivity contribution >= 4 is 16.0 Å². The Hall–Kier alpha value is -3.46. The zero-order valence-electron chi connectivity index (χ0n) is 20.7. The van der Waals surface area contributed by atoms with Crippen molar-refractivity contribution in [1.29, 1.82) is 0 Å². The quantitative estimate of drug-likeness (QED) is 0.367. The van der Waals surface area contributed by atoms with Gasteiger partial charge in [-0.25, -0.2) is 4.98 Å². The van der Waals surface area contributed by atoms with E-state index in [4.69, 9.17) is 18.4 Å². The minimum Gasteiger partial charge on any atom is -0.497 e. The number of rotatable bonds is 10. The molecule has 0 radical (unpaired) electrons. The molecule has 0 bridgehead atoms. The maximum absolute atomic E-state index is 12.8. The van der Waals surface area contributed by atoms with E-state index in [1.807, 2.05) is 24.3 Å². The van der Waals surface area contributed by atoms with E-state index in [1.54, 1.807) is 26.2 Å². The van der Waals surface area contributed by atoms with Gasteiger partial charge in [-0.15, -0.1) is 10.2 Å². The summed E-state index contributed by atoms with van der Waals surface area (Å²) in [5.74, 6) is 0.716. The van der Waals surface area contributed by atoms with E-state index in [0.717, 1.165) is 11.8 Å². The number of ether oxygens (including phenoxy) is 3. The third-order valence-electron chi connectivity index (χ3n) is 5.35. The van der Waals surface area contributed by atoms with Crippen LogP contribution < -0.4 is 10.1 Å². The predicted octanol–water partition coefficient (Wildman–Crippen LogP) is 0.742. The first-order valence-electron chi connectivity index (χ1n) is 11.4. The average molecular weight is 533 g/mol. The lowest BCUT2D eigenvalue weighted by Crippen LogP contribution is -2.40. The summed E-state index contributed by atoms with van der Waals surface area (Å²) in [5.41, 5.74) is 2.37. The summed E-state index contributed by atoms with van der Waals surface area (Å²) in [4.78, 5) is 18.5. The van der Waals surface area contributed by atoms with Crippen LogP contribution in [0.25, 0.3) is 11.4 Å². The second-order valence-electron chi connectivity index (χ2n) is 8.48. The molecule has 1 fully saturated rings. The highest BCUT2D eigenvalue weighted by Crippen LogP contribution is 2.18. The van der Waals surface area contributed by atoms with Gasteiger partial charge >= 0.3 is 0 Å². The van der Waals surface area contributed by atoms with Crippen molar-refractivity contribution < 1.29 is 31.6 Å². The third-order valence-corrected chi connectivity index (χ3v) is 5.92. The Bertz CT molecular complexity index is 1340. The first-order chi connectivity index (χ1) is 17.7. The molecule has 1 aromatic carbocycles. The van der Waals surface area contributed by atoms with Crippen LogP contribution in [-0.2, 0) is 36.9 Å². The fourth-order valence-electron chi connectivity index (χ4n) is 3.57. The van der Waals surface area contributed by atoms with Gasteiger partial charge in [0, 0.05) is 17.8 Å². The summed E-state index contributed by atoms with van der Waals surface area (Å²) in [6.45, 7) is 2.68. The lowest BCUT2D eigenvalue weighted by Gasteiger charge is -2.28. The lowest BCUT2D eigenvalue weighted by molar-refractivity contribution is -0.147. The van der Waals surface area contributed by atoms with Crippen molar-refractivity contribution in [3.8, 4) is 17.1 Å². The van der Waals surface area contributed by atoms with E-state index in [9.17, 15) is 13.2 Å². The molecular formula is C23H28N6O7S. The number of carbonyl (C=O) groups is 1. The first-order valence-corrected chi connectivity index (χ1v) is 13.3. The Balaban J connectivity index is 1.34. The van der Waals surface area contributed by atoms with E-state index < -0.39 is 16.2 Å². The number of hydrogen-bond acceptors (Lipinski definition) is 11. The second kappa shape index (κ2) is 11.7. The lowest BCUT2D eigenvalue weighted by atomic mass is 10.1. The van der Waals surface area contributed by atoms with Gasteiger partial charge in [-0.2, -0.15) is 13.2 Å². The Morgan fingerprint density at radius 2 is 1.97 bits per heavy atom. The van der Waals surface area contributed by atoms with E-state index in [2.05, 4.69) is 25.7 Å². The van der Waals surface area contributed by atoms with E-state index in [-0.39, 0.29) is 44.1 Å². The van der Waals surface area contributed by atoms with Gasteiger partial charge in [-0.05, 0) is 42.0 Å². The van der Waals surface area contributed by atoms with Crippen LogP contribution in [0, 0.1) is 6.92 Å². The molecule has 2 aromatic heterocycles. The Labute approximate surface area is 214 Å². The number of benzene rings is 1. The summed E-state index contributed by atoms with van der Waals surface area (Å²) in [5, 5.41) is 15.4. The summed E-state index contributed by atoms with van der Waals surface area (Å²) in [6, 6.07) is 10.8. The highest BCUT2D eigenvalue weighted by atomic mass is 32.2. The fourth-order valence-corrected chi connectivity index (χ4v) is 3.97. The molecule has 37 heavy (non-hydrogen) atoms. The molecule has 1 aliphatic heterocycles. The fraction of sp³-hybridized carbons (Fsp3) is 0.435. The molecule has 1 aliphatic rings. The number of amides is 1. The first kappa shape index (κ1) is 26.6. The maximum Gasteiger partial charge on any atom is 0.270 e. The maximum atomic E-state index is 12.8. The molecular weight excluding hydrogens is 504 g/mol. The van der Waals surface area contributed by atoms with Crippen LogP contribution in [0.5, 0.6) is 5.75 Å². The number of aryl methyl sites for hydroxylation is 1. The molecule has 13 nitrogen and oxygen atoms in total. The SMILES string of the molecule is COc1cccc(CNC(=O)c2cc(-c3nnn(C[C@@H]4CO[C@@H](COS(C)(=O)=O)CO4)n3)cc(C)n2)c1. The molecule has 2 atom stereocenters. The number of aromatic nitrogens is 5. The number of nitrogens with one attached hydrogen (secondary N) is 1. The Morgan fingerprint density at radius 3 is 2.70 bits per heavy atom. The molecule has 0 spiro atoms. The van der Waals surface area contributed by atoms with Gasteiger partial charge in [0.1, 0.15) is 23.7 Å². The Morgan fingerprint density at radius 1 is 1.19 bits per heavy atom. The molecule has 0 saturated carbocycles. The molecule has 1 N–H and O–H groups in total.